The molecule has 0 aliphatic carbocycles. The van der Waals surface area contributed by atoms with Crippen LogP contribution in [-0.4, -0.2) is 87.8 Å². The largest absolute Gasteiger partial charge is 0.488 e. The molecule has 0 unspecified atom stereocenters. The lowest BCUT2D eigenvalue weighted by atomic mass is 9.58. The molecule has 5 aromatic rings. The quantitative estimate of drug-likeness (QED) is 0.199. The molecule has 5 rings (SSSR count). The molecule has 2 N–H and O–H groups in total. The Morgan fingerprint density at radius 3 is 1.29 bits per heavy atom. The fraction of sp³-hybridized carbons (Fsp3) is 0. The van der Waals surface area contributed by atoms with Crippen LogP contribution in [0.25, 0.3) is 43.8 Å². The minimum Gasteiger partial charge on any atom is -0.423 e. The van der Waals surface area contributed by atoms with E-state index in [2.05, 4.69) is 94.9 Å². The second kappa shape index (κ2) is 9.74. The van der Waals surface area contributed by atoms with Crippen molar-refractivity contribution in [3.8, 4) is 22.3 Å². The van der Waals surface area contributed by atoms with Gasteiger partial charge < -0.3 is 10.0 Å². The zero-order valence-corrected chi connectivity index (χ0v) is 24.1. The van der Waals surface area contributed by atoms with Crippen molar-refractivity contribution in [1.82, 2.24) is 0 Å². The Hall–Kier alpha value is -2.81. The summed E-state index contributed by atoms with van der Waals surface area (Å²) in [5, 5.41) is 24.5. The minimum atomic E-state index is -1.48. The normalized spacial score (nSPS) is 11.3. The maximum absolute atomic E-state index is 9.71. The first-order valence-corrected chi connectivity index (χ1v) is 13.5. The smallest absolute Gasteiger partial charge is 0.423 e. The van der Waals surface area contributed by atoms with Gasteiger partial charge >= 0.3 is 7.12 Å². The third-order valence-electron chi connectivity index (χ3n) is 9.40. The van der Waals surface area contributed by atoms with Gasteiger partial charge in [0, 0.05) is 0 Å². The Morgan fingerprint density at radius 1 is 0.421 bits per heavy atom. The van der Waals surface area contributed by atoms with E-state index in [0.29, 0.717) is 5.46 Å². The summed E-state index contributed by atoms with van der Waals surface area (Å²) in [5.74, 6) is 0. The van der Waals surface area contributed by atoms with E-state index in [-0.39, 0.29) is 0 Å². The van der Waals surface area contributed by atoms with E-state index >= 15 is 0 Å². The Labute approximate surface area is 234 Å². The molecule has 0 amide bonds. The summed E-state index contributed by atoms with van der Waals surface area (Å²) < 4.78 is 0. The summed E-state index contributed by atoms with van der Waals surface area (Å²) in [5.41, 5.74) is 17.5. The summed E-state index contributed by atoms with van der Waals surface area (Å²) in [4.78, 5) is 0. The highest BCUT2D eigenvalue weighted by atomic mass is 16.4. The Morgan fingerprint density at radius 2 is 0.816 bits per heavy atom. The number of rotatable bonds is 3. The van der Waals surface area contributed by atoms with Gasteiger partial charge in [-0.25, -0.2) is 0 Å². The van der Waals surface area contributed by atoms with Crippen LogP contribution in [-0.2, 0) is 0 Å². The van der Waals surface area contributed by atoms with Gasteiger partial charge in [0.05, 0.1) is 0 Å². The standard InChI is InChI=1S/C26H28B10O2/c27-18-15-13(9-5-7-10(8-6-9)36(37)38)11-3-1-2-4-12(11)14(16(15)19(28)23(32)22(18)31)17-20(29)24(33)26(35)25(34)21(17)30/h1-8,37-38H,27-35H2. The molecule has 0 saturated carbocycles. The average Bonchev–Trinajstić information content (AvgIpc) is 2.92. The molecular formula is C26H28B10O2. The molecule has 38 heavy (non-hydrogen) atoms. The molecule has 0 heterocycles. The highest BCUT2D eigenvalue weighted by Crippen LogP contribution is 2.40. The zero-order chi connectivity index (χ0) is 27.6. The highest BCUT2D eigenvalue weighted by Gasteiger charge is 2.24. The van der Waals surface area contributed by atoms with Crippen molar-refractivity contribution in [1.29, 1.82) is 0 Å². The molecule has 12 heteroatoms. The molecular weight excluding hydrogens is 452 g/mol. The van der Waals surface area contributed by atoms with E-state index in [9.17, 15) is 10.0 Å². The van der Waals surface area contributed by atoms with Crippen LogP contribution in [0.5, 0.6) is 0 Å². The number of hydrogen-bond donors (Lipinski definition) is 2. The van der Waals surface area contributed by atoms with Gasteiger partial charge in [0.2, 0.25) is 0 Å². The summed E-state index contributed by atoms with van der Waals surface area (Å²) in [6, 6.07) is 16.5. The Kier molecular flexibility index (Phi) is 6.86. The second-order valence-corrected chi connectivity index (χ2v) is 11.0. The van der Waals surface area contributed by atoms with Gasteiger partial charge in [0.15, 0.2) is 0 Å². The minimum absolute atomic E-state index is 0.496. The van der Waals surface area contributed by atoms with Gasteiger partial charge in [-0.3, -0.25) is 0 Å². The molecule has 5 aromatic carbocycles. The molecule has 0 aliphatic heterocycles. The van der Waals surface area contributed by atoms with E-state index in [1.807, 2.05) is 24.3 Å². The maximum atomic E-state index is 9.71. The van der Waals surface area contributed by atoms with E-state index in [0.717, 1.165) is 5.56 Å². The van der Waals surface area contributed by atoms with Crippen LogP contribution < -0.4 is 54.6 Å². The highest BCUT2D eigenvalue weighted by molar-refractivity contribution is 6.71. The molecule has 0 aromatic heterocycles. The van der Waals surface area contributed by atoms with Crippen molar-refractivity contribution in [2.75, 3.05) is 0 Å². The second-order valence-electron chi connectivity index (χ2n) is 11.0. The molecule has 0 bridgehead atoms. The van der Waals surface area contributed by atoms with Crippen LogP contribution in [0.3, 0.4) is 0 Å². The van der Waals surface area contributed by atoms with Crippen molar-refractivity contribution >= 4 is 154 Å². The third-order valence-corrected chi connectivity index (χ3v) is 9.40. The fourth-order valence-corrected chi connectivity index (χ4v) is 6.38. The van der Waals surface area contributed by atoms with Gasteiger partial charge in [-0.15, -0.1) is 27.3 Å². The van der Waals surface area contributed by atoms with Gasteiger partial charge in [-0.2, -0.15) is 0 Å². The summed E-state index contributed by atoms with van der Waals surface area (Å²) >= 11 is 0. The van der Waals surface area contributed by atoms with Crippen LogP contribution in [0.1, 0.15) is 0 Å². The zero-order valence-electron chi connectivity index (χ0n) is 24.1. The average molecular weight is 481 g/mol. The predicted octanol–water partition coefficient (Wildman–Crippen LogP) is -10.7. The Balaban J connectivity index is 2.10. The molecule has 0 fully saturated rings. The first-order chi connectivity index (χ1) is 18.0. The van der Waals surface area contributed by atoms with Crippen molar-refractivity contribution in [3.63, 3.8) is 0 Å². The third kappa shape index (κ3) is 3.88. The van der Waals surface area contributed by atoms with Crippen molar-refractivity contribution < 1.29 is 10.0 Å². The SMILES string of the molecule is Bc1c(B)c(B)c(-c2c3ccccc3c(-c3ccc(B(O)O)cc3)c3c(B)c(B)c(B)c(B)c23)c(B)c1B. The molecule has 174 valence electrons. The van der Waals surface area contributed by atoms with Crippen LogP contribution in [0.4, 0.5) is 0 Å². The summed E-state index contributed by atoms with van der Waals surface area (Å²) in [6.07, 6.45) is 0. The molecule has 0 aliphatic rings. The molecule has 0 radical (unpaired) electrons. The number of hydrogen-bond acceptors (Lipinski definition) is 2. The topological polar surface area (TPSA) is 40.5 Å². The molecule has 0 atom stereocenters. The van der Waals surface area contributed by atoms with Crippen LogP contribution in [0, 0.1) is 0 Å². The lowest BCUT2D eigenvalue weighted by molar-refractivity contribution is 0.426. The van der Waals surface area contributed by atoms with Crippen molar-refractivity contribution in [3.05, 3.63) is 48.5 Å². The maximum Gasteiger partial charge on any atom is 0.488 e. The monoisotopic (exact) mass is 482 g/mol. The molecule has 0 spiro atoms. The lowest BCUT2D eigenvalue weighted by Gasteiger charge is -2.27. The van der Waals surface area contributed by atoms with Gasteiger partial charge in [-0.05, 0) is 49.3 Å². The van der Waals surface area contributed by atoms with E-state index < -0.39 is 7.12 Å². The van der Waals surface area contributed by atoms with Gasteiger partial charge in [0.25, 0.3) is 0 Å². The van der Waals surface area contributed by atoms with Crippen molar-refractivity contribution in [2.45, 2.75) is 0 Å². The summed E-state index contributed by atoms with van der Waals surface area (Å²) in [7, 11) is 18.8. The van der Waals surface area contributed by atoms with Gasteiger partial charge in [0.1, 0.15) is 70.6 Å². The van der Waals surface area contributed by atoms with Crippen LogP contribution >= 0.6 is 0 Å². The van der Waals surface area contributed by atoms with Crippen molar-refractivity contribution in [2.24, 2.45) is 0 Å². The fourth-order valence-electron chi connectivity index (χ4n) is 6.38. The van der Waals surface area contributed by atoms with E-state index in [4.69, 9.17) is 0 Å². The first-order valence-electron chi connectivity index (χ1n) is 13.5. The summed E-state index contributed by atoms with van der Waals surface area (Å²) in [6.45, 7) is 0. The molecule has 0 saturated heterocycles. The van der Waals surface area contributed by atoms with E-state index in [1.54, 1.807) is 0 Å². The van der Waals surface area contributed by atoms with Gasteiger partial charge in [-0.1, -0.05) is 70.4 Å². The molecule has 2 nitrogen and oxygen atoms in total. The lowest BCUT2D eigenvalue weighted by Crippen LogP contribution is -2.55. The Bertz CT molecular complexity index is 1750. The first kappa shape index (κ1) is 26.8. The number of benzene rings is 5. The van der Waals surface area contributed by atoms with Crippen LogP contribution in [0.2, 0.25) is 0 Å². The van der Waals surface area contributed by atoms with Crippen LogP contribution in [0.15, 0.2) is 48.5 Å². The van der Waals surface area contributed by atoms with E-state index in [1.165, 1.54) is 87.4 Å². The predicted molar refractivity (Wildman–Crippen MR) is 196 cm³/mol. The number of fused-ring (bicyclic) bond motifs is 2.